The van der Waals surface area contributed by atoms with E-state index >= 15 is 0 Å². The Bertz CT molecular complexity index is 649. The van der Waals surface area contributed by atoms with Crippen molar-refractivity contribution in [3.8, 4) is 0 Å². The molecule has 2 rings (SSSR count). The van der Waals surface area contributed by atoms with Gasteiger partial charge < -0.3 is 9.80 Å². The van der Waals surface area contributed by atoms with Crippen molar-refractivity contribution >= 4 is 11.7 Å². The minimum atomic E-state index is -0.677. The summed E-state index contributed by atoms with van der Waals surface area (Å²) in [6.45, 7) is 25.0. The molecule has 4 nitrogen and oxygen atoms in total. The number of alkyl halides is 1. The number of pyridine rings is 1. The van der Waals surface area contributed by atoms with Gasteiger partial charge in [-0.15, -0.1) is 0 Å². The maximum atomic E-state index is 13.3. The van der Waals surface area contributed by atoms with Gasteiger partial charge in [0.1, 0.15) is 12.0 Å². The summed E-state index contributed by atoms with van der Waals surface area (Å²) in [5, 5.41) is 0. The standard InChI is InChI=1S/C18H28FN3O.C7H16.2C2H6/c1-5-15-6-7-17(22-10-8-16(19)9-11-22)20-18(15)13(2)12-21(4)14(3)23;1-5-6-7(2,3)4;2*1-2/h6-7,13,16H,5,8-12H2,1-4H3;5-6H2,1-4H3;2*1-2H3/t13-;;;/m0.../s1. The van der Waals surface area contributed by atoms with Crippen LogP contribution in [0.2, 0.25) is 0 Å². The Hall–Kier alpha value is -1.65. The van der Waals surface area contributed by atoms with Gasteiger partial charge in [-0.05, 0) is 42.7 Å². The molecule has 0 aliphatic carbocycles. The van der Waals surface area contributed by atoms with Crippen LogP contribution in [0.5, 0.6) is 0 Å². The van der Waals surface area contributed by atoms with Crippen LogP contribution >= 0.6 is 0 Å². The Morgan fingerprint density at radius 2 is 1.68 bits per heavy atom. The maximum absolute atomic E-state index is 13.3. The number of halogens is 1. The van der Waals surface area contributed by atoms with Crippen molar-refractivity contribution in [1.29, 1.82) is 0 Å². The second kappa shape index (κ2) is 18.6. The highest BCUT2D eigenvalue weighted by Gasteiger charge is 2.22. The number of hydrogen-bond acceptors (Lipinski definition) is 3. The molecule has 0 bridgehead atoms. The molecule has 1 aliphatic heterocycles. The number of hydrogen-bond donors (Lipinski definition) is 0. The molecule has 0 unspecified atom stereocenters. The molecule has 0 radical (unpaired) electrons. The SMILES string of the molecule is CC.CC.CCCC(C)(C)C.CCc1ccc(N2CCC(F)CC2)nc1[C@@H](C)CN(C)C(C)=O. The fourth-order valence-corrected chi connectivity index (χ4v) is 3.85. The summed E-state index contributed by atoms with van der Waals surface area (Å²) < 4.78 is 13.3. The van der Waals surface area contributed by atoms with Gasteiger partial charge in [0, 0.05) is 39.5 Å². The van der Waals surface area contributed by atoms with Gasteiger partial charge >= 0.3 is 0 Å². The summed E-state index contributed by atoms with van der Waals surface area (Å²) in [5.74, 6) is 1.18. The van der Waals surface area contributed by atoms with Crippen molar-refractivity contribution in [2.24, 2.45) is 5.41 Å². The third kappa shape index (κ3) is 13.9. The molecule has 2 heterocycles. The first kappa shape index (κ1) is 34.5. The van der Waals surface area contributed by atoms with Crippen molar-refractivity contribution < 1.29 is 9.18 Å². The highest BCUT2D eigenvalue weighted by molar-refractivity contribution is 5.72. The van der Waals surface area contributed by atoms with Gasteiger partial charge in [0.25, 0.3) is 0 Å². The van der Waals surface area contributed by atoms with Gasteiger partial charge in [-0.25, -0.2) is 9.37 Å². The molecule has 1 aliphatic rings. The highest BCUT2D eigenvalue weighted by atomic mass is 19.1. The Balaban J connectivity index is 0. The lowest BCUT2D eigenvalue weighted by Crippen LogP contribution is -2.35. The number of likely N-dealkylation sites (N-methyl/N-ethyl adjacent to an activating group) is 1. The normalized spacial score (nSPS) is 14.4. The molecule has 200 valence electrons. The van der Waals surface area contributed by atoms with Crippen LogP contribution in [0.25, 0.3) is 0 Å². The number of carbonyl (C=O) groups excluding carboxylic acids is 1. The van der Waals surface area contributed by atoms with Gasteiger partial charge in [0.15, 0.2) is 0 Å². The Kier molecular flexibility index (Phi) is 18.9. The Morgan fingerprint density at radius 3 is 2.06 bits per heavy atom. The first-order valence-corrected chi connectivity index (χ1v) is 13.6. The molecule has 0 saturated carbocycles. The molecule has 0 aromatic carbocycles. The van der Waals surface area contributed by atoms with Gasteiger partial charge in [0.2, 0.25) is 5.91 Å². The van der Waals surface area contributed by atoms with Crippen molar-refractivity contribution in [2.45, 2.75) is 120 Å². The van der Waals surface area contributed by atoms with Crippen LogP contribution in [0, 0.1) is 5.41 Å². The van der Waals surface area contributed by atoms with Crippen molar-refractivity contribution in [3.63, 3.8) is 0 Å². The molecule has 1 aromatic rings. The van der Waals surface area contributed by atoms with E-state index in [0.29, 0.717) is 24.8 Å². The van der Waals surface area contributed by atoms with E-state index in [-0.39, 0.29) is 11.8 Å². The number of carbonyl (C=O) groups is 1. The summed E-state index contributed by atoms with van der Waals surface area (Å²) >= 11 is 0. The zero-order chi connectivity index (χ0) is 26.9. The molecule has 1 atom stereocenters. The van der Waals surface area contributed by atoms with E-state index in [4.69, 9.17) is 4.98 Å². The van der Waals surface area contributed by atoms with E-state index in [1.165, 1.54) is 18.4 Å². The summed E-state index contributed by atoms with van der Waals surface area (Å²) in [7, 11) is 1.82. The molecule has 34 heavy (non-hydrogen) atoms. The number of nitrogens with zero attached hydrogens (tertiary/aromatic N) is 3. The zero-order valence-electron chi connectivity index (χ0n) is 24.6. The second-order valence-corrected chi connectivity index (χ2v) is 9.84. The third-order valence-corrected chi connectivity index (χ3v) is 5.68. The lowest BCUT2D eigenvalue weighted by molar-refractivity contribution is -0.127. The predicted octanol–water partition coefficient (Wildman–Crippen LogP) is 8.05. The lowest BCUT2D eigenvalue weighted by Gasteiger charge is -2.31. The third-order valence-electron chi connectivity index (χ3n) is 5.68. The molecule has 0 spiro atoms. The first-order chi connectivity index (χ1) is 16.0. The summed E-state index contributed by atoms with van der Waals surface area (Å²) in [5.41, 5.74) is 2.83. The van der Waals surface area contributed by atoms with Gasteiger partial charge in [0.05, 0.1) is 5.69 Å². The van der Waals surface area contributed by atoms with Crippen LogP contribution in [0.4, 0.5) is 10.2 Å². The predicted molar refractivity (Wildman–Crippen MR) is 149 cm³/mol. The van der Waals surface area contributed by atoms with Crippen LogP contribution in [-0.4, -0.2) is 48.6 Å². The lowest BCUT2D eigenvalue weighted by atomic mass is 9.91. The van der Waals surface area contributed by atoms with Crippen LogP contribution in [-0.2, 0) is 11.2 Å². The molecular formula is C29H56FN3O. The summed E-state index contributed by atoms with van der Waals surface area (Å²) in [6, 6.07) is 4.17. The molecular weight excluding hydrogens is 425 g/mol. The van der Waals surface area contributed by atoms with E-state index in [1.807, 2.05) is 40.8 Å². The number of anilines is 1. The molecule has 1 fully saturated rings. The monoisotopic (exact) mass is 481 g/mol. The van der Waals surface area contributed by atoms with Crippen LogP contribution < -0.4 is 4.90 Å². The Morgan fingerprint density at radius 1 is 1.15 bits per heavy atom. The van der Waals surface area contributed by atoms with E-state index in [0.717, 1.165) is 31.0 Å². The van der Waals surface area contributed by atoms with Gasteiger partial charge in [-0.2, -0.15) is 0 Å². The topological polar surface area (TPSA) is 36.4 Å². The minimum Gasteiger partial charge on any atom is -0.356 e. The number of amides is 1. The largest absolute Gasteiger partial charge is 0.356 e. The smallest absolute Gasteiger partial charge is 0.219 e. The molecule has 1 saturated heterocycles. The van der Waals surface area contributed by atoms with Crippen molar-refractivity contribution in [2.75, 3.05) is 31.6 Å². The van der Waals surface area contributed by atoms with Crippen molar-refractivity contribution in [3.05, 3.63) is 23.4 Å². The minimum absolute atomic E-state index is 0.0658. The van der Waals surface area contributed by atoms with E-state index in [1.54, 1.807) is 11.8 Å². The van der Waals surface area contributed by atoms with E-state index in [2.05, 4.69) is 52.5 Å². The highest BCUT2D eigenvalue weighted by Crippen LogP contribution is 2.26. The molecule has 0 N–H and O–H groups in total. The molecule has 1 amide bonds. The average Bonchev–Trinajstić information content (AvgIpc) is 2.81. The fourth-order valence-electron chi connectivity index (χ4n) is 3.85. The maximum Gasteiger partial charge on any atom is 0.219 e. The Labute approximate surface area is 211 Å². The van der Waals surface area contributed by atoms with Gasteiger partial charge in [-0.1, -0.05) is 81.7 Å². The van der Waals surface area contributed by atoms with Crippen LogP contribution in [0.1, 0.15) is 119 Å². The molecule has 1 aromatic heterocycles. The summed E-state index contributed by atoms with van der Waals surface area (Å²) in [4.78, 5) is 20.2. The number of piperidine rings is 1. The number of aromatic nitrogens is 1. The van der Waals surface area contributed by atoms with E-state index < -0.39 is 6.17 Å². The number of rotatable bonds is 6. The van der Waals surface area contributed by atoms with Crippen LogP contribution in [0.15, 0.2) is 12.1 Å². The average molecular weight is 482 g/mol. The molecule has 5 heteroatoms. The second-order valence-electron chi connectivity index (χ2n) is 9.84. The first-order valence-electron chi connectivity index (χ1n) is 13.6. The van der Waals surface area contributed by atoms with E-state index in [9.17, 15) is 9.18 Å². The van der Waals surface area contributed by atoms with Crippen LogP contribution in [0.3, 0.4) is 0 Å². The quantitative estimate of drug-likeness (QED) is 0.412. The number of aryl methyl sites for hydroxylation is 1. The van der Waals surface area contributed by atoms with Crippen molar-refractivity contribution in [1.82, 2.24) is 9.88 Å². The summed E-state index contributed by atoms with van der Waals surface area (Å²) in [6.07, 6.45) is 4.05. The van der Waals surface area contributed by atoms with Gasteiger partial charge in [-0.3, -0.25) is 4.79 Å². The zero-order valence-corrected chi connectivity index (χ0v) is 24.6. The fraction of sp³-hybridized carbons (Fsp3) is 0.793.